The lowest BCUT2D eigenvalue weighted by atomic mass is 10.1. The summed E-state index contributed by atoms with van der Waals surface area (Å²) in [6.07, 6.45) is 2.19. The van der Waals surface area contributed by atoms with Crippen molar-refractivity contribution in [1.82, 2.24) is 5.32 Å². The lowest BCUT2D eigenvalue weighted by Gasteiger charge is -2.16. The lowest BCUT2D eigenvalue weighted by molar-refractivity contribution is -0.158. The molecule has 0 saturated carbocycles. The molecule has 0 aliphatic heterocycles. The van der Waals surface area contributed by atoms with E-state index >= 15 is 0 Å². The van der Waals surface area contributed by atoms with Gasteiger partial charge in [0.2, 0.25) is 0 Å². The summed E-state index contributed by atoms with van der Waals surface area (Å²) in [5.41, 5.74) is 4.67. The van der Waals surface area contributed by atoms with Gasteiger partial charge in [0.1, 0.15) is 31.3 Å². The monoisotopic (exact) mass is 1040 g/mol. The largest absolute Gasteiger partial charge is 0.487 e. The minimum Gasteiger partial charge on any atom is -0.487 e. The van der Waals surface area contributed by atoms with E-state index in [0.717, 1.165) is 40.9 Å². The molecule has 0 aliphatic rings. The molecular formula is C40H41Br4Cl2N3O6. The van der Waals surface area contributed by atoms with Gasteiger partial charge in [-0.2, -0.15) is 0 Å². The van der Waals surface area contributed by atoms with Crippen molar-refractivity contribution in [2.45, 2.75) is 78.7 Å². The van der Waals surface area contributed by atoms with Crippen LogP contribution in [0.2, 0.25) is 10.0 Å². The molecule has 0 aromatic heterocycles. The van der Waals surface area contributed by atoms with Gasteiger partial charge in [-0.15, -0.1) is 0 Å². The van der Waals surface area contributed by atoms with Crippen LogP contribution in [-0.2, 0) is 34.0 Å². The number of ether oxygens (including phenoxy) is 3. The number of esters is 2. The maximum Gasteiger partial charge on any atom is 0.333 e. The molecular weight excluding hydrogens is 1010 g/mol. The Morgan fingerprint density at radius 3 is 1.55 bits per heavy atom. The van der Waals surface area contributed by atoms with E-state index in [-0.39, 0.29) is 31.2 Å². The fourth-order valence-electron chi connectivity index (χ4n) is 5.16. The van der Waals surface area contributed by atoms with Crippen LogP contribution >= 0.6 is 86.9 Å². The standard InChI is InChI=1S/C40H41Br4Cl2N3O6/c1-5-22(3)48-30-11-25(9-28(45)17-30)20-53-38-32(41)13-24(14-33(38)42)7-8-36(50)55-37(51)19-47-40(52)27-15-34(43)39(35(44)16-27)54-21-26-10-29(46)18-31(12-26)49-23(4)6-2/h9-18,22-23,48-49H,5-8,19-21H2,1-4H3,(H,47,52). The van der Waals surface area contributed by atoms with E-state index in [0.29, 0.717) is 51.9 Å². The zero-order chi connectivity index (χ0) is 40.2. The van der Waals surface area contributed by atoms with E-state index in [1.807, 2.05) is 48.5 Å². The van der Waals surface area contributed by atoms with Crippen molar-refractivity contribution >= 4 is 116 Å². The third-order valence-electron chi connectivity index (χ3n) is 8.29. The maximum absolute atomic E-state index is 12.9. The molecule has 4 aromatic carbocycles. The van der Waals surface area contributed by atoms with Crippen molar-refractivity contribution in [2.24, 2.45) is 0 Å². The number of halogens is 6. The van der Waals surface area contributed by atoms with Crippen molar-refractivity contribution in [1.29, 1.82) is 0 Å². The Bertz CT molecular complexity index is 1970. The normalized spacial score (nSPS) is 12.0. The van der Waals surface area contributed by atoms with Crippen LogP contribution in [0.5, 0.6) is 11.5 Å². The Hall–Kier alpha value is -2.81. The molecule has 3 N–H and O–H groups in total. The number of hydrogen-bond donors (Lipinski definition) is 3. The molecule has 0 spiro atoms. The first-order valence-corrected chi connectivity index (χ1v) is 21.4. The van der Waals surface area contributed by atoms with Gasteiger partial charge in [0.25, 0.3) is 5.91 Å². The first-order valence-electron chi connectivity index (χ1n) is 17.5. The lowest BCUT2D eigenvalue weighted by Crippen LogP contribution is -2.31. The quantitative estimate of drug-likeness (QED) is 0.0667. The van der Waals surface area contributed by atoms with E-state index in [4.69, 9.17) is 37.4 Å². The third-order valence-corrected chi connectivity index (χ3v) is 11.1. The summed E-state index contributed by atoms with van der Waals surface area (Å²) in [5.74, 6) is -1.06. The summed E-state index contributed by atoms with van der Waals surface area (Å²) < 4.78 is 19.5. The molecule has 0 radical (unpaired) electrons. The number of hydrogen-bond acceptors (Lipinski definition) is 8. The summed E-state index contributed by atoms with van der Waals surface area (Å²) in [7, 11) is 0. The number of benzene rings is 4. The van der Waals surface area contributed by atoms with Gasteiger partial charge in [-0.25, -0.2) is 4.79 Å². The number of amides is 1. The van der Waals surface area contributed by atoms with Gasteiger partial charge in [0.15, 0.2) is 0 Å². The van der Waals surface area contributed by atoms with Crippen molar-refractivity contribution in [3.63, 3.8) is 0 Å². The average molecular weight is 1050 g/mol. The van der Waals surface area contributed by atoms with E-state index in [1.165, 1.54) is 0 Å². The Morgan fingerprint density at radius 1 is 0.636 bits per heavy atom. The second-order valence-electron chi connectivity index (χ2n) is 12.9. The third kappa shape index (κ3) is 14.3. The van der Waals surface area contributed by atoms with Crippen LogP contribution in [0.4, 0.5) is 11.4 Å². The molecule has 15 heteroatoms. The minimum absolute atomic E-state index is 0.0561. The Kier molecular flexibility index (Phi) is 17.7. The molecule has 2 atom stereocenters. The van der Waals surface area contributed by atoms with Crippen LogP contribution < -0.4 is 25.4 Å². The highest BCUT2D eigenvalue weighted by Gasteiger charge is 2.18. The van der Waals surface area contributed by atoms with Crippen LogP contribution in [0, 0.1) is 0 Å². The van der Waals surface area contributed by atoms with Crippen LogP contribution in [0.15, 0.2) is 78.6 Å². The summed E-state index contributed by atoms with van der Waals surface area (Å²) in [5, 5.41) is 10.5. The van der Waals surface area contributed by atoms with Gasteiger partial charge < -0.3 is 30.2 Å². The van der Waals surface area contributed by atoms with Crippen LogP contribution in [-0.4, -0.2) is 36.5 Å². The van der Waals surface area contributed by atoms with Gasteiger partial charge in [-0.3, -0.25) is 9.59 Å². The molecule has 0 fully saturated rings. The van der Waals surface area contributed by atoms with E-state index in [9.17, 15) is 14.4 Å². The number of carbonyl (C=O) groups is 3. The fourth-order valence-corrected chi connectivity index (χ4v) is 8.60. The Morgan fingerprint density at radius 2 is 1.09 bits per heavy atom. The topological polar surface area (TPSA) is 115 Å². The summed E-state index contributed by atoms with van der Waals surface area (Å²) in [6.45, 7) is 8.43. The maximum atomic E-state index is 12.9. The molecule has 0 saturated heterocycles. The Balaban J connectivity index is 1.24. The summed E-state index contributed by atoms with van der Waals surface area (Å²) in [6, 6.07) is 18.8. The van der Waals surface area contributed by atoms with Crippen LogP contribution in [0.3, 0.4) is 0 Å². The van der Waals surface area contributed by atoms with E-state index in [1.54, 1.807) is 12.1 Å². The number of anilines is 2. The SMILES string of the molecule is CCC(C)Nc1cc(Cl)cc(COc2c(Br)cc(CCC(=O)OC(=O)CNC(=O)c3cc(Br)c(OCc4cc(Cl)cc(NC(C)CC)c4)c(Br)c3)cc2Br)c1. The fraction of sp³-hybridized carbons (Fsp3) is 0.325. The van der Waals surface area contributed by atoms with E-state index in [2.05, 4.69) is 107 Å². The zero-order valence-corrected chi connectivity index (χ0v) is 38.5. The molecule has 0 heterocycles. The van der Waals surface area contributed by atoms with Gasteiger partial charge in [-0.1, -0.05) is 37.0 Å². The number of carbonyl (C=O) groups excluding carboxylic acids is 3. The molecule has 9 nitrogen and oxygen atoms in total. The average Bonchev–Trinajstić information content (AvgIpc) is 3.11. The highest BCUT2D eigenvalue weighted by molar-refractivity contribution is 9.11. The Labute approximate surface area is 365 Å². The molecule has 2 unspecified atom stereocenters. The first kappa shape index (κ1) is 44.9. The second kappa shape index (κ2) is 21.6. The van der Waals surface area contributed by atoms with Crippen molar-refractivity contribution in [3.05, 3.63) is 111 Å². The predicted octanol–water partition coefficient (Wildman–Crippen LogP) is 12.1. The smallest absolute Gasteiger partial charge is 0.333 e. The number of rotatable bonds is 18. The molecule has 4 rings (SSSR count). The van der Waals surface area contributed by atoms with Gasteiger partial charge in [0, 0.05) is 39.1 Å². The highest BCUT2D eigenvalue weighted by atomic mass is 79.9. The molecule has 294 valence electrons. The van der Waals surface area contributed by atoms with Crippen molar-refractivity contribution in [3.8, 4) is 11.5 Å². The van der Waals surface area contributed by atoms with E-state index < -0.39 is 24.4 Å². The van der Waals surface area contributed by atoms with Crippen molar-refractivity contribution in [2.75, 3.05) is 17.2 Å². The number of aryl methyl sites for hydroxylation is 1. The van der Waals surface area contributed by atoms with Gasteiger partial charge >= 0.3 is 11.9 Å². The summed E-state index contributed by atoms with van der Waals surface area (Å²) in [4.78, 5) is 37.8. The molecule has 55 heavy (non-hydrogen) atoms. The first-order chi connectivity index (χ1) is 26.1. The number of nitrogens with one attached hydrogen (secondary N) is 3. The summed E-state index contributed by atoms with van der Waals surface area (Å²) >= 11 is 26.8. The predicted molar refractivity (Wildman–Crippen MR) is 234 cm³/mol. The second-order valence-corrected chi connectivity index (χ2v) is 17.2. The molecule has 1 amide bonds. The van der Waals surface area contributed by atoms with Crippen LogP contribution in [0.25, 0.3) is 0 Å². The molecule has 4 aromatic rings. The van der Waals surface area contributed by atoms with Gasteiger partial charge in [0.05, 0.1) is 24.3 Å². The van der Waals surface area contributed by atoms with Gasteiger partial charge in [-0.05, 0) is 174 Å². The molecule has 0 bridgehead atoms. The van der Waals surface area contributed by atoms with Crippen molar-refractivity contribution < 1.29 is 28.6 Å². The van der Waals surface area contributed by atoms with Crippen LogP contribution in [0.1, 0.15) is 74.0 Å². The molecule has 0 aliphatic carbocycles. The zero-order valence-electron chi connectivity index (χ0n) is 30.6. The minimum atomic E-state index is -0.880. The highest BCUT2D eigenvalue weighted by Crippen LogP contribution is 2.37.